The highest BCUT2D eigenvalue weighted by atomic mass is 32.1. The summed E-state index contributed by atoms with van der Waals surface area (Å²) in [5, 5.41) is 5.58. The van der Waals surface area contributed by atoms with Crippen LogP contribution in [0.2, 0.25) is 0 Å². The number of rotatable bonds is 9. The summed E-state index contributed by atoms with van der Waals surface area (Å²) in [6, 6.07) is 7.20. The molecule has 3 rings (SSSR count). The molecule has 0 radical (unpaired) electrons. The summed E-state index contributed by atoms with van der Waals surface area (Å²) in [6.45, 7) is 4.50. The number of aryl methyl sites for hydroxylation is 1. The van der Waals surface area contributed by atoms with Crippen LogP contribution in [0.3, 0.4) is 0 Å². The quantitative estimate of drug-likeness (QED) is 0.489. The molecule has 1 aliphatic rings. The number of nitrogens with zero attached hydrogens (tertiary/aromatic N) is 2. The minimum absolute atomic E-state index is 0.0112. The van der Waals surface area contributed by atoms with Crippen LogP contribution in [0.25, 0.3) is 0 Å². The van der Waals surface area contributed by atoms with Crippen LogP contribution >= 0.6 is 11.3 Å². The normalized spacial score (nSPS) is 19.9. The molecule has 30 heavy (non-hydrogen) atoms. The van der Waals surface area contributed by atoms with Crippen LogP contribution in [0.4, 0.5) is 0 Å². The molecule has 0 spiro atoms. The van der Waals surface area contributed by atoms with E-state index in [1.807, 2.05) is 43.5 Å². The Labute approximate surface area is 180 Å². The van der Waals surface area contributed by atoms with Gasteiger partial charge in [-0.25, -0.2) is 4.98 Å². The number of imide groups is 1. The van der Waals surface area contributed by atoms with Gasteiger partial charge in [-0.15, -0.1) is 11.3 Å². The maximum atomic E-state index is 13.5. The fourth-order valence-corrected chi connectivity index (χ4v) is 4.67. The summed E-state index contributed by atoms with van der Waals surface area (Å²) in [5.41, 5.74) is 0.426. The van der Waals surface area contributed by atoms with Crippen molar-refractivity contribution in [3.63, 3.8) is 0 Å². The molecular weight excluding hydrogens is 402 g/mol. The van der Waals surface area contributed by atoms with Gasteiger partial charge in [0, 0.05) is 44.7 Å². The second-order valence-electron chi connectivity index (χ2n) is 7.61. The molecule has 3 amide bonds. The van der Waals surface area contributed by atoms with Gasteiger partial charge in [-0.2, -0.15) is 0 Å². The number of ether oxygens (including phenoxy) is 1. The maximum Gasteiger partial charge on any atom is 0.240 e. The number of carbonyl (C=O) groups is 3. The molecule has 2 atom stereocenters. The average molecular weight is 430 g/mol. The third-order valence-corrected chi connectivity index (χ3v) is 6.42. The Morgan fingerprint density at radius 1 is 1.37 bits per heavy atom. The molecule has 7 nitrogen and oxygen atoms in total. The number of methoxy groups -OCH3 is 1. The molecule has 0 bridgehead atoms. The van der Waals surface area contributed by atoms with Crippen LogP contribution in [-0.4, -0.2) is 47.9 Å². The largest absolute Gasteiger partial charge is 0.385 e. The zero-order valence-electron chi connectivity index (χ0n) is 17.5. The number of likely N-dealkylation sites (tertiary alicyclic amines) is 1. The molecule has 1 N–H and O–H groups in total. The zero-order chi connectivity index (χ0) is 21.7. The first-order chi connectivity index (χ1) is 14.4. The molecule has 0 saturated carbocycles. The first-order valence-electron chi connectivity index (χ1n) is 9.97. The van der Waals surface area contributed by atoms with E-state index in [4.69, 9.17) is 4.74 Å². The van der Waals surface area contributed by atoms with E-state index in [1.165, 1.54) is 16.2 Å². The van der Waals surface area contributed by atoms with Gasteiger partial charge in [-0.3, -0.25) is 19.3 Å². The third-order valence-electron chi connectivity index (χ3n) is 5.46. The lowest BCUT2D eigenvalue weighted by Crippen LogP contribution is -2.43. The molecule has 1 saturated heterocycles. The summed E-state index contributed by atoms with van der Waals surface area (Å²) in [6.07, 6.45) is 2.15. The maximum absolute atomic E-state index is 13.5. The second-order valence-corrected chi connectivity index (χ2v) is 8.53. The van der Waals surface area contributed by atoms with E-state index < -0.39 is 5.41 Å². The van der Waals surface area contributed by atoms with Crippen molar-refractivity contribution in [2.75, 3.05) is 20.3 Å². The van der Waals surface area contributed by atoms with Crippen molar-refractivity contribution in [1.82, 2.24) is 15.2 Å². The van der Waals surface area contributed by atoms with Crippen LogP contribution in [0.5, 0.6) is 0 Å². The zero-order valence-corrected chi connectivity index (χ0v) is 18.3. The van der Waals surface area contributed by atoms with E-state index >= 15 is 0 Å². The molecular formula is C22H27N3O4S. The minimum atomic E-state index is -1.19. The SMILES string of the molecule is COCCCN1C(=O)C[C@](CC(=O)N[C@@H](C)c2nccs2)(c2ccccc2C)C1=O. The van der Waals surface area contributed by atoms with E-state index in [2.05, 4.69) is 10.3 Å². The highest BCUT2D eigenvalue weighted by Gasteiger charge is 2.54. The minimum Gasteiger partial charge on any atom is -0.385 e. The fourth-order valence-electron chi connectivity index (χ4n) is 4.02. The van der Waals surface area contributed by atoms with Gasteiger partial charge in [0.25, 0.3) is 0 Å². The van der Waals surface area contributed by atoms with Crippen molar-refractivity contribution >= 4 is 29.1 Å². The van der Waals surface area contributed by atoms with Crippen molar-refractivity contribution in [2.45, 2.75) is 44.6 Å². The monoisotopic (exact) mass is 429 g/mol. The number of thiazole rings is 1. The van der Waals surface area contributed by atoms with Crippen molar-refractivity contribution in [1.29, 1.82) is 0 Å². The van der Waals surface area contributed by atoms with Gasteiger partial charge in [0.2, 0.25) is 17.7 Å². The molecule has 0 unspecified atom stereocenters. The molecule has 2 aromatic rings. The van der Waals surface area contributed by atoms with Crippen LogP contribution in [0, 0.1) is 6.92 Å². The predicted octanol–water partition coefficient (Wildman–Crippen LogP) is 2.75. The topological polar surface area (TPSA) is 88.6 Å². The van der Waals surface area contributed by atoms with Crippen LogP contribution in [0.1, 0.15) is 48.4 Å². The Bertz CT molecular complexity index is 915. The smallest absolute Gasteiger partial charge is 0.240 e. The molecule has 1 aliphatic heterocycles. The Kier molecular flexibility index (Phi) is 6.99. The highest BCUT2D eigenvalue weighted by molar-refractivity contribution is 7.09. The van der Waals surface area contributed by atoms with Crippen molar-refractivity contribution in [3.8, 4) is 0 Å². The standard InChI is InChI=1S/C22H27N3O4S/c1-15-7-4-5-8-17(15)22(13-18(26)24-16(2)20-23-9-12-30-20)14-19(27)25(21(22)28)10-6-11-29-3/h4-5,7-9,12,16H,6,10-11,13-14H2,1-3H3,(H,24,26)/t16-,22+/m0/s1. The van der Waals surface area contributed by atoms with E-state index in [9.17, 15) is 14.4 Å². The number of nitrogens with one attached hydrogen (secondary N) is 1. The first-order valence-corrected chi connectivity index (χ1v) is 10.9. The summed E-state index contributed by atoms with van der Waals surface area (Å²) in [5.74, 6) is -0.837. The molecule has 0 aliphatic carbocycles. The summed E-state index contributed by atoms with van der Waals surface area (Å²) in [4.78, 5) is 44.8. The summed E-state index contributed by atoms with van der Waals surface area (Å²) in [7, 11) is 1.58. The lowest BCUT2D eigenvalue weighted by atomic mass is 9.74. The van der Waals surface area contributed by atoms with Crippen molar-refractivity contribution in [2.24, 2.45) is 0 Å². The Hall–Kier alpha value is -2.58. The van der Waals surface area contributed by atoms with Gasteiger partial charge in [0.15, 0.2) is 0 Å². The summed E-state index contributed by atoms with van der Waals surface area (Å²) >= 11 is 1.46. The Morgan fingerprint density at radius 2 is 2.13 bits per heavy atom. The van der Waals surface area contributed by atoms with E-state index in [0.717, 1.165) is 16.1 Å². The lowest BCUT2D eigenvalue weighted by molar-refractivity contribution is -0.141. The number of aromatic nitrogens is 1. The molecule has 8 heteroatoms. The number of amides is 3. The number of hydrogen-bond donors (Lipinski definition) is 1. The van der Waals surface area contributed by atoms with Gasteiger partial charge in [-0.05, 0) is 31.4 Å². The Balaban J connectivity index is 1.88. The molecule has 1 aromatic carbocycles. The molecule has 160 valence electrons. The second kappa shape index (κ2) is 9.49. The molecule has 1 fully saturated rings. The first kappa shape index (κ1) is 22.1. The van der Waals surface area contributed by atoms with Crippen molar-refractivity contribution < 1.29 is 19.1 Å². The number of benzene rings is 1. The van der Waals surface area contributed by atoms with Crippen LogP contribution in [-0.2, 0) is 24.5 Å². The van der Waals surface area contributed by atoms with Crippen LogP contribution in [0.15, 0.2) is 35.8 Å². The van der Waals surface area contributed by atoms with Gasteiger partial charge in [-0.1, -0.05) is 24.3 Å². The van der Waals surface area contributed by atoms with E-state index in [1.54, 1.807) is 13.3 Å². The number of carbonyl (C=O) groups excluding carboxylic acids is 3. The van der Waals surface area contributed by atoms with Crippen LogP contribution < -0.4 is 5.32 Å². The van der Waals surface area contributed by atoms with Gasteiger partial charge < -0.3 is 10.1 Å². The fraction of sp³-hybridized carbons (Fsp3) is 0.455. The van der Waals surface area contributed by atoms with Crippen molar-refractivity contribution in [3.05, 3.63) is 52.0 Å². The van der Waals surface area contributed by atoms with E-state index in [-0.39, 0.29) is 43.1 Å². The predicted molar refractivity (Wildman–Crippen MR) is 114 cm³/mol. The third kappa shape index (κ3) is 4.44. The highest BCUT2D eigenvalue weighted by Crippen LogP contribution is 2.41. The molecule has 2 heterocycles. The van der Waals surface area contributed by atoms with E-state index in [0.29, 0.717) is 13.0 Å². The molecule has 1 aromatic heterocycles. The number of hydrogen-bond acceptors (Lipinski definition) is 6. The van der Waals surface area contributed by atoms with Gasteiger partial charge >= 0.3 is 0 Å². The van der Waals surface area contributed by atoms with Gasteiger partial charge in [0.05, 0.1) is 11.5 Å². The Morgan fingerprint density at radius 3 is 2.80 bits per heavy atom. The van der Waals surface area contributed by atoms with Gasteiger partial charge in [0.1, 0.15) is 5.01 Å². The average Bonchev–Trinajstić information content (AvgIpc) is 3.32. The lowest BCUT2D eigenvalue weighted by Gasteiger charge is -2.29. The summed E-state index contributed by atoms with van der Waals surface area (Å²) < 4.78 is 5.05.